The lowest BCUT2D eigenvalue weighted by molar-refractivity contribution is 0.0949. The molecule has 0 fully saturated rings. The van der Waals surface area contributed by atoms with Crippen LogP contribution in [0.15, 0.2) is 24.7 Å². The van der Waals surface area contributed by atoms with E-state index in [-0.39, 0.29) is 16.7 Å². The molecule has 0 atom stereocenters. The Balaban J connectivity index is 2.04. The van der Waals surface area contributed by atoms with Crippen LogP contribution in [0.25, 0.3) is 0 Å². The molecule has 0 spiro atoms. The molecule has 7 heteroatoms. The highest BCUT2D eigenvalue weighted by molar-refractivity contribution is 6.33. The van der Waals surface area contributed by atoms with E-state index in [9.17, 15) is 4.79 Å². The lowest BCUT2D eigenvalue weighted by Gasteiger charge is -2.06. The minimum absolute atomic E-state index is 0.206. The molecule has 3 N–H and O–H groups in total. The van der Waals surface area contributed by atoms with E-state index in [0.717, 1.165) is 5.82 Å². The number of nitrogens with one attached hydrogen (secondary N) is 1. The average molecular weight is 266 g/mol. The van der Waals surface area contributed by atoms with Crippen molar-refractivity contribution in [2.45, 2.75) is 6.54 Å². The molecule has 2 rings (SSSR count). The number of aromatic nitrogens is 3. The molecule has 0 aromatic carbocycles. The molecule has 2 aromatic heterocycles. The van der Waals surface area contributed by atoms with Crippen molar-refractivity contribution >= 4 is 23.3 Å². The van der Waals surface area contributed by atoms with Gasteiger partial charge in [-0.2, -0.15) is 0 Å². The summed E-state index contributed by atoms with van der Waals surface area (Å²) in [5, 5.41) is 2.99. The predicted octanol–water partition coefficient (Wildman–Crippen LogP) is 0.981. The van der Waals surface area contributed by atoms with Crippen molar-refractivity contribution in [1.29, 1.82) is 0 Å². The van der Waals surface area contributed by atoms with Gasteiger partial charge in [0.2, 0.25) is 0 Å². The Morgan fingerprint density at radius 3 is 2.94 bits per heavy atom. The Hall–Kier alpha value is -2.08. The van der Waals surface area contributed by atoms with Crippen molar-refractivity contribution < 1.29 is 4.79 Å². The second-order valence-electron chi connectivity index (χ2n) is 3.73. The van der Waals surface area contributed by atoms with E-state index < -0.39 is 0 Å². The SMILES string of the molecule is Cn1ccnc1CNC(=O)c1cnc(N)c(Cl)c1. The van der Waals surface area contributed by atoms with Gasteiger partial charge in [-0.1, -0.05) is 11.6 Å². The Morgan fingerprint density at radius 2 is 2.33 bits per heavy atom. The molecule has 0 aliphatic heterocycles. The topological polar surface area (TPSA) is 85.8 Å². The molecule has 94 valence electrons. The van der Waals surface area contributed by atoms with Crippen molar-refractivity contribution in [2.24, 2.45) is 7.05 Å². The van der Waals surface area contributed by atoms with Gasteiger partial charge in [-0.25, -0.2) is 9.97 Å². The molecule has 2 heterocycles. The quantitative estimate of drug-likeness (QED) is 0.866. The fourth-order valence-electron chi connectivity index (χ4n) is 1.40. The molecule has 1 amide bonds. The van der Waals surface area contributed by atoms with E-state index in [0.29, 0.717) is 12.1 Å². The fraction of sp³-hybridized carbons (Fsp3) is 0.182. The highest BCUT2D eigenvalue weighted by Gasteiger charge is 2.09. The number of pyridine rings is 1. The van der Waals surface area contributed by atoms with Crippen LogP contribution < -0.4 is 11.1 Å². The highest BCUT2D eigenvalue weighted by atomic mass is 35.5. The van der Waals surface area contributed by atoms with Gasteiger partial charge in [0.05, 0.1) is 17.1 Å². The van der Waals surface area contributed by atoms with Crippen molar-refractivity contribution in [3.63, 3.8) is 0 Å². The number of amides is 1. The van der Waals surface area contributed by atoms with Gasteiger partial charge in [-0.3, -0.25) is 4.79 Å². The lowest BCUT2D eigenvalue weighted by atomic mass is 10.2. The average Bonchev–Trinajstić information content (AvgIpc) is 2.75. The molecule has 0 saturated carbocycles. The van der Waals surface area contributed by atoms with Crippen LogP contribution >= 0.6 is 11.6 Å². The van der Waals surface area contributed by atoms with Gasteiger partial charge in [-0.15, -0.1) is 0 Å². The molecule has 18 heavy (non-hydrogen) atoms. The molecule has 0 radical (unpaired) electrons. The van der Waals surface area contributed by atoms with E-state index in [2.05, 4.69) is 15.3 Å². The summed E-state index contributed by atoms with van der Waals surface area (Å²) in [6, 6.07) is 1.48. The molecule has 2 aromatic rings. The first-order chi connectivity index (χ1) is 8.58. The number of hydrogen-bond acceptors (Lipinski definition) is 4. The number of hydrogen-bond donors (Lipinski definition) is 2. The minimum atomic E-state index is -0.271. The Bertz CT molecular complexity index is 581. The van der Waals surface area contributed by atoms with E-state index in [1.807, 2.05) is 17.8 Å². The van der Waals surface area contributed by atoms with Crippen LogP contribution in [0.1, 0.15) is 16.2 Å². The van der Waals surface area contributed by atoms with Gasteiger partial charge in [0.15, 0.2) is 0 Å². The van der Waals surface area contributed by atoms with E-state index in [1.165, 1.54) is 12.3 Å². The highest BCUT2D eigenvalue weighted by Crippen LogP contribution is 2.16. The number of nitrogens with zero attached hydrogens (tertiary/aromatic N) is 3. The number of anilines is 1. The van der Waals surface area contributed by atoms with Crippen LogP contribution in [0, 0.1) is 0 Å². The second kappa shape index (κ2) is 5.05. The maximum absolute atomic E-state index is 11.8. The number of aryl methyl sites for hydroxylation is 1. The van der Waals surface area contributed by atoms with Crippen molar-refractivity contribution in [1.82, 2.24) is 19.9 Å². The summed E-state index contributed by atoms with van der Waals surface area (Å²) < 4.78 is 1.83. The van der Waals surface area contributed by atoms with Crippen LogP contribution in [0.5, 0.6) is 0 Å². The van der Waals surface area contributed by atoms with E-state index in [1.54, 1.807) is 6.20 Å². The van der Waals surface area contributed by atoms with Crippen molar-refractivity contribution in [3.8, 4) is 0 Å². The van der Waals surface area contributed by atoms with E-state index in [4.69, 9.17) is 17.3 Å². The van der Waals surface area contributed by atoms with Gasteiger partial charge in [0, 0.05) is 25.6 Å². The zero-order chi connectivity index (χ0) is 13.1. The number of nitrogen functional groups attached to an aromatic ring is 1. The summed E-state index contributed by atoms with van der Waals surface area (Å²) >= 11 is 5.80. The van der Waals surface area contributed by atoms with Crippen LogP contribution in [0.3, 0.4) is 0 Å². The van der Waals surface area contributed by atoms with Crippen LogP contribution in [0.2, 0.25) is 5.02 Å². The monoisotopic (exact) mass is 265 g/mol. The van der Waals surface area contributed by atoms with Crippen LogP contribution in [-0.2, 0) is 13.6 Å². The number of rotatable bonds is 3. The molecular formula is C11H12ClN5O. The minimum Gasteiger partial charge on any atom is -0.382 e. The number of halogens is 1. The van der Waals surface area contributed by atoms with Crippen LogP contribution in [-0.4, -0.2) is 20.4 Å². The first-order valence-corrected chi connectivity index (χ1v) is 5.61. The maximum Gasteiger partial charge on any atom is 0.253 e. The molecular weight excluding hydrogens is 254 g/mol. The molecule has 0 bridgehead atoms. The summed E-state index contributed by atoms with van der Waals surface area (Å²) in [4.78, 5) is 19.8. The van der Waals surface area contributed by atoms with Gasteiger partial charge in [-0.05, 0) is 6.07 Å². The molecule has 6 nitrogen and oxygen atoms in total. The fourth-order valence-corrected chi connectivity index (χ4v) is 1.57. The summed E-state index contributed by atoms with van der Waals surface area (Å²) in [6.07, 6.45) is 4.86. The van der Waals surface area contributed by atoms with Gasteiger partial charge in [0.1, 0.15) is 11.6 Å². The number of imidazole rings is 1. The zero-order valence-corrected chi connectivity index (χ0v) is 10.5. The third-order valence-electron chi connectivity index (χ3n) is 2.46. The van der Waals surface area contributed by atoms with Gasteiger partial charge < -0.3 is 15.6 Å². The third-order valence-corrected chi connectivity index (χ3v) is 2.76. The van der Waals surface area contributed by atoms with Gasteiger partial charge in [0.25, 0.3) is 5.91 Å². The second-order valence-corrected chi connectivity index (χ2v) is 4.14. The molecule has 0 saturated heterocycles. The van der Waals surface area contributed by atoms with Crippen LogP contribution in [0.4, 0.5) is 5.82 Å². The van der Waals surface area contributed by atoms with Crippen molar-refractivity contribution in [2.75, 3.05) is 5.73 Å². The number of carbonyl (C=O) groups excluding carboxylic acids is 1. The molecule has 0 aliphatic rings. The summed E-state index contributed by atoms with van der Waals surface area (Å²) in [5.41, 5.74) is 5.84. The van der Waals surface area contributed by atoms with Crippen molar-refractivity contribution in [3.05, 3.63) is 41.1 Å². The Kier molecular flexibility index (Phi) is 3.47. The largest absolute Gasteiger partial charge is 0.382 e. The normalized spacial score (nSPS) is 10.3. The van der Waals surface area contributed by atoms with Gasteiger partial charge >= 0.3 is 0 Å². The first-order valence-electron chi connectivity index (χ1n) is 5.23. The molecule has 0 unspecified atom stereocenters. The predicted molar refractivity (Wildman–Crippen MR) is 68.0 cm³/mol. The summed E-state index contributed by atoms with van der Waals surface area (Å²) in [7, 11) is 1.86. The third kappa shape index (κ3) is 2.60. The Labute approximate surface area is 109 Å². The number of nitrogens with two attached hydrogens (primary N) is 1. The van der Waals surface area contributed by atoms with E-state index >= 15 is 0 Å². The maximum atomic E-state index is 11.8. The lowest BCUT2D eigenvalue weighted by Crippen LogP contribution is -2.24. The zero-order valence-electron chi connectivity index (χ0n) is 9.72. The number of carbonyl (C=O) groups is 1. The molecule has 0 aliphatic carbocycles. The smallest absolute Gasteiger partial charge is 0.253 e. The summed E-state index contributed by atoms with van der Waals surface area (Å²) in [5.74, 6) is 0.697. The first kappa shape index (κ1) is 12.4. The Morgan fingerprint density at radius 1 is 1.56 bits per heavy atom. The summed E-state index contributed by atoms with van der Waals surface area (Å²) in [6.45, 7) is 0.338. The standard InChI is InChI=1S/C11H12ClN5O/c1-17-3-2-14-9(17)6-16-11(18)7-4-8(12)10(13)15-5-7/h2-5H,6H2,1H3,(H2,13,15)(H,16,18).